The van der Waals surface area contributed by atoms with Crippen molar-refractivity contribution in [2.45, 2.75) is 56.3 Å². The molecule has 0 spiro atoms. The van der Waals surface area contributed by atoms with Crippen LogP contribution in [0.15, 0.2) is 24.3 Å². The fourth-order valence-corrected chi connectivity index (χ4v) is 3.12. The lowest BCUT2D eigenvalue weighted by atomic mass is 9.59. The number of rotatable bonds is 6. The molecule has 3 nitrogen and oxygen atoms in total. The normalized spacial score (nSPS) is 21.9. The van der Waals surface area contributed by atoms with Crippen molar-refractivity contribution in [3.05, 3.63) is 35.6 Å². The second-order valence-corrected chi connectivity index (χ2v) is 5.83. The molecule has 2 atom stereocenters. The lowest BCUT2D eigenvalue weighted by Gasteiger charge is -2.48. The van der Waals surface area contributed by atoms with Crippen LogP contribution in [0.4, 0.5) is 4.39 Å². The van der Waals surface area contributed by atoms with Gasteiger partial charge in [0.2, 0.25) is 0 Å². The Morgan fingerprint density at radius 2 is 2.00 bits per heavy atom. The number of halogens is 1. The monoisotopic (exact) mass is 281 g/mol. The summed E-state index contributed by atoms with van der Waals surface area (Å²) in [7, 11) is 1.50. The number of ether oxygens (including phenoxy) is 1. The van der Waals surface area contributed by atoms with Crippen molar-refractivity contribution < 1.29 is 14.2 Å². The SMILES string of the molecule is CCC(O)(CC(N)C1(c2ccc(F)cc2)CCC1)OC. The molecule has 2 unspecified atom stereocenters. The van der Waals surface area contributed by atoms with Crippen LogP contribution in [-0.2, 0) is 10.2 Å². The van der Waals surface area contributed by atoms with Gasteiger partial charge in [-0.2, -0.15) is 0 Å². The van der Waals surface area contributed by atoms with E-state index in [1.165, 1.54) is 19.2 Å². The molecule has 0 heterocycles. The minimum absolute atomic E-state index is 0.157. The van der Waals surface area contributed by atoms with E-state index < -0.39 is 5.79 Å². The summed E-state index contributed by atoms with van der Waals surface area (Å²) in [5, 5.41) is 10.3. The number of aliphatic hydroxyl groups is 1. The van der Waals surface area contributed by atoms with E-state index in [1.54, 1.807) is 0 Å². The van der Waals surface area contributed by atoms with Gasteiger partial charge in [0.25, 0.3) is 0 Å². The molecule has 1 aliphatic carbocycles. The molecular formula is C16H24FNO2. The molecule has 20 heavy (non-hydrogen) atoms. The number of benzene rings is 1. The molecule has 0 aromatic heterocycles. The first-order chi connectivity index (χ1) is 9.46. The van der Waals surface area contributed by atoms with E-state index in [4.69, 9.17) is 10.5 Å². The molecule has 1 aromatic rings. The number of hydrogen-bond donors (Lipinski definition) is 2. The third-order valence-electron chi connectivity index (χ3n) is 4.85. The van der Waals surface area contributed by atoms with Gasteiger partial charge in [-0.05, 0) is 37.0 Å². The Balaban J connectivity index is 2.20. The van der Waals surface area contributed by atoms with Crippen LogP contribution in [-0.4, -0.2) is 24.0 Å². The third kappa shape index (κ3) is 2.73. The van der Waals surface area contributed by atoms with E-state index in [1.807, 2.05) is 19.1 Å². The minimum Gasteiger partial charge on any atom is -0.365 e. The highest BCUT2D eigenvalue weighted by Gasteiger charge is 2.46. The van der Waals surface area contributed by atoms with Crippen LogP contribution < -0.4 is 5.73 Å². The molecule has 0 radical (unpaired) electrons. The van der Waals surface area contributed by atoms with Crippen molar-refractivity contribution >= 4 is 0 Å². The van der Waals surface area contributed by atoms with E-state index in [0.29, 0.717) is 12.8 Å². The third-order valence-corrected chi connectivity index (χ3v) is 4.85. The Labute approximate surface area is 119 Å². The number of hydrogen-bond acceptors (Lipinski definition) is 3. The molecule has 0 bridgehead atoms. The number of methoxy groups -OCH3 is 1. The largest absolute Gasteiger partial charge is 0.365 e. The van der Waals surface area contributed by atoms with Crippen LogP contribution in [0.3, 0.4) is 0 Å². The van der Waals surface area contributed by atoms with Gasteiger partial charge in [0.05, 0.1) is 0 Å². The summed E-state index contributed by atoms with van der Waals surface area (Å²) in [5.74, 6) is -1.42. The van der Waals surface area contributed by atoms with Gasteiger partial charge in [-0.25, -0.2) is 4.39 Å². The summed E-state index contributed by atoms with van der Waals surface area (Å²) in [4.78, 5) is 0. The van der Waals surface area contributed by atoms with Crippen LogP contribution in [0.25, 0.3) is 0 Å². The Morgan fingerprint density at radius 3 is 2.40 bits per heavy atom. The minimum atomic E-state index is -1.18. The first-order valence-corrected chi connectivity index (χ1v) is 7.25. The van der Waals surface area contributed by atoms with Crippen molar-refractivity contribution in [2.24, 2.45) is 5.73 Å². The Morgan fingerprint density at radius 1 is 1.40 bits per heavy atom. The topological polar surface area (TPSA) is 55.5 Å². The Hall–Kier alpha value is -0.970. The predicted octanol–water partition coefficient (Wildman–Crippen LogP) is 2.71. The van der Waals surface area contributed by atoms with E-state index >= 15 is 0 Å². The molecule has 2 rings (SSSR count). The van der Waals surface area contributed by atoms with Gasteiger partial charge < -0.3 is 15.6 Å². The van der Waals surface area contributed by atoms with Gasteiger partial charge >= 0.3 is 0 Å². The van der Waals surface area contributed by atoms with E-state index in [2.05, 4.69) is 0 Å². The van der Waals surface area contributed by atoms with Crippen LogP contribution in [0.1, 0.15) is 44.6 Å². The van der Waals surface area contributed by atoms with Gasteiger partial charge in [-0.3, -0.25) is 0 Å². The van der Waals surface area contributed by atoms with E-state index in [0.717, 1.165) is 24.8 Å². The molecule has 112 valence electrons. The molecule has 0 amide bonds. The zero-order chi connectivity index (χ0) is 14.8. The smallest absolute Gasteiger partial charge is 0.166 e. The summed E-state index contributed by atoms with van der Waals surface area (Å²) in [6.45, 7) is 1.88. The highest BCUT2D eigenvalue weighted by Crippen LogP contribution is 2.47. The maximum Gasteiger partial charge on any atom is 0.166 e. The second kappa shape index (κ2) is 5.80. The molecular weight excluding hydrogens is 257 g/mol. The number of nitrogens with two attached hydrogens (primary N) is 1. The maximum atomic E-state index is 13.1. The Bertz CT molecular complexity index is 438. The lowest BCUT2D eigenvalue weighted by molar-refractivity contribution is -0.197. The standard InChI is InChI=1S/C16H24FNO2/c1-3-16(19,20-2)11-14(18)15(9-4-10-15)12-5-7-13(17)8-6-12/h5-8,14,19H,3-4,9-11,18H2,1-2H3. The van der Waals surface area contributed by atoms with Gasteiger partial charge in [-0.1, -0.05) is 25.5 Å². The quantitative estimate of drug-likeness (QED) is 0.788. The molecule has 0 aliphatic heterocycles. The zero-order valence-electron chi connectivity index (χ0n) is 12.2. The van der Waals surface area contributed by atoms with Crippen LogP contribution in [0.2, 0.25) is 0 Å². The molecule has 1 aliphatic rings. The molecule has 1 fully saturated rings. The highest BCUT2D eigenvalue weighted by molar-refractivity contribution is 5.31. The highest BCUT2D eigenvalue weighted by atomic mass is 19.1. The van der Waals surface area contributed by atoms with E-state index in [9.17, 15) is 9.50 Å². The average molecular weight is 281 g/mol. The fraction of sp³-hybridized carbons (Fsp3) is 0.625. The van der Waals surface area contributed by atoms with Crippen molar-refractivity contribution in [1.29, 1.82) is 0 Å². The zero-order valence-corrected chi connectivity index (χ0v) is 12.2. The van der Waals surface area contributed by atoms with Crippen molar-refractivity contribution in [3.8, 4) is 0 Å². The lowest BCUT2D eigenvalue weighted by Crippen LogP contribution is -2.54. The maximum absolute atomic E-state index is 13.1. The molecule has 1 aromatic carbocycles. The average Bonchev–Trinajstić information content (AvgIpc) is 2.39. The van der Waals surface area contributed by atoms with Gasteiger partial charge in [0.1, 0.15) is 5.82 Å². The van der Waals surface area contributed by atoms with Gasteiger partial charge in [-0.15, -0.1) is 0 Å². The fourth-order valence-electron chi connectivity index (χ4n) is 3.12. The summed E-state index contributed by atoms with van der Waals surface area (Å²) in [6, 6.07) is 6.37. The first-order valence-electron chi connectivity index (χ1n) is 7.25. The summed E-state index contributed by atoms with van der Waals surface area (Å²) >= 11 is 0. The first kappa shape index (κ1) is 15.4. The predicted molar refractivity (Wildman–Crippen MR) is 76.8 cm³/mol. The molecule has 3 N–H and O–H groups in total. The molecule has 4 heteroatoms. The molecule has 1 saturated carbocycles. The van der Waals surface area contributed by atoms with Gasteiger partial charge in [0.15, 0.2) is 5.79 Å². The van der Waals surface area contributed by atoms with Crippen molar-refractivity contribution in [1.82, 2.24) is 0 Å². The summed E-state index contributed by atoms with van der Waals surface area (Å²) in [5.41, 5.74) is 7.29. The van der Waals surface area contributed by atoms with Gasteiger partial charge in [0, 0.05) is 25.0 Å². The summed E-state index contributed by atoms with van der Waals surface area (Å²) in [6.07, 6.45) is 3.95. The van der Waals surface area contributed by atoms with E-state index in [-0.39, 0.29) is 17.3 Å². The Kier molecular flexibility index (Phi) is 4.47. The molecule has 0 saturated heterocycles. The second-order valence-electron chi connectivity index (χ2n) is 5.83. The summed E-state index contributed by atoms with van der Waals surface area (Å²) < 4.78 is 18.3. The van der Waals surface area contributed by atoms with Crippen molar-refractivity contribution in [2.75, 3.05) is 7.11 Å². The van der Waals surface area contributed by atoms with Crippen LogP contribution >= 0.6 is 0 Å². The van der Waals surface area contributed by atoms with Crippen molar-refractivity contribution in [3.63, 3.8) is 0 Å². The van der Waals surface area contributed by atoms with Crippen LogP contribution in [0, 0.1) is 5.82 Å². The van der Waals surface area contributed by atoms with Crippen LogP contribution in [0.5, 0.6) is 0 Å².